The topological polar surface area (TPSA) is 48.1 Å². The summed E-state index contributed by atoms with van der Waals surface area (Å²) in [5.74, 6) is 0.768. The van der Waals surface area contributed by atoms with Crippen LogP contribution in [-0.4, -0.2) is 12.1 Å². The summed E-state index contributed by atoms with van der Waals surface area (Å²) in [6.07, 6.45) is 3.68. The van der Waals surface area contributed by atoms with Crippen molar-refractivity contribution in [3.05, 3.63) is 70.5 Å². The Kier molecular flexibility index (Phi) is 3.90. The average Bonchev–Trinajstić information content (AvgIpc) is 2.53. The van der Waals surface area contributed by atoms with E-state index in [1.165, 1.54) is 0 Å². The van der Waals surface area contributed by atoms with Gasteiger partial charge in [0.25, 0.3) is 0 Å². The Morgan fingerprint density at radius 3 is 2.71 bits per heavy atom. The molecule has 0 bridgehead atoms. The van der Waals surface area contributed by atoms with E-state index in [4.69, 9.17) is 10.5 Å². The molecule has 21 heavy (non-hydrogen) atoms. The van der Waals surface area contributed by atoms with E-state index in [2.05, 4.69) is 27.0 Å². The molecular formula is C17H15BrN2O. The minimum Gasteiger partial charge on any atom is -0.496 e. The van der Waals surface area contributed by atoms with Gasteiger partial charge >= 0.3 is 0 Å². The lowest BCUT2D eigenvalue weighted by Crippen LogP contribution is -2.14. The smallest absolute Gasteiger partial charge is 0.125 e. The molecule has 1 atom stereocenters. The van der Waals surface area contributed by atoms with Gasteiger partial charge < -0.3 is 10.5 Å². The van der Waals surface area contributed by atoms with E-state index in [1.807, 2.05) is 48.8 Å². The number of hydrogen-bond acceptors (Lipinski definition) is 3. The Bertz CT molecular complexity index is 783. The van der Waals surface area contributed by atoms with Crippen molar-refractivity contribution in [3.8, 4) is 5.75 Å². The third-order valence-corrected chi connectivity index (χ3v) is 4.06. The highest BCUT2D eigenvalue weighted by molar-refractivity contribution is 9.10. The number of nitrogens with two attached hydrogens (primary N) is 1. The van der Waals surface area contributed by atoms with E-state index in [9.17, 15) is 0 Å². The molecule has 1 unspecified atom stereocenters. The van der Waals surface area contributed by atoms with Crippen LogP contribution in [-0.2, 0) is 0 Å². The number of aromatic nitrogens is 1. The minimum absolute atomic E-state index is 0.286. The lowest BCUT2D eigenvalue weighted by molar-refractivity contribution is 0.407. The third kappa shape index (κ3) is 2.64. The standard InChI is InChI=1S/C17H15BrN2O/c1-21-16-8-12(18)6-7-14(16)17(19)15-10-20-9-11-4-2-3-5-13(11)15/h2-10,17H,19H2,1H3. The van der Waals surface area contributed by atoms with Crippen molar-refractivity contribution in [3.63, 3.8) is 0 Å². The van der Waals surface area contributed by atoms with Gasteiger partial charge in [0.1, 0.15) is 5.75 Å². The first kappa shape index (κ1) is 14.0. The summed E-state index contributed by atoms with van der Waals surface area (Å²) in [4.78, 5) is 4.30. The zero-order valence-corrected chi connectivity index (χ0v) is 13.2. The third-order valence-electron chi connectivity index (χ3n) is 3.56. The first-order valence-electron chi connectivity index (χ1n) is 6.62. The molecule has 1 heterocycles. The fourth-order valence-electron chi connectivity index (χ4n) is 2.50. The van der Waals surface area contributed by atoms with E-state index < -0.39 is 0 Å². The van der Waals surface area contributed by atoms with E-state index in [0.29, 0.717) is 0 Å². The second kappa shape index (κ2) is 5.84. The lowest BCUT2D eigenvalue weighted by Gasteiger charge is -2.17. The number of methoxy groups -OCH3 is 1. The molecule has 3 aromatic rings. The fraction of sp³-hybridized carbons (Fsp3) is 0.118. The second-order valence-electron chi connectivity index (χ2n) is 4.81. The fourth-order valence-corrected chi connectivity index (χ4v) is 2.84. The molecule has 0 spiro atoms. The number of pyridine rings is 1. The maximum atomic E-state index is 6.47. The van der Waals surface area contributed by atoms with Gasteiger partial charge in [0.15, 0.2) is 0 Å². The van der Waals surface area contributed by atoms with E-state index in [0.717, 1.165) is 32.1 Å². The molecule has 4 heteroatoms. The number of fused-ring (bicyclic) bond motifs is 1. The van der Waals surface area contributed by atoms with E-state index in [1.54, 1.807) is 7.11 Å². The number of nitrogens with zero attached hydrogens (tertiary/aromatic N) is 1. The first-order chi connectivity index (χ1) is 10.2. The maximum Gasteiger partial charge on any atom is 0.125 e. The summed E-state index contributed by atoms with van der Waals surface area (Å²) in [5.41, 5.74) is 8.41. The van der Waals surface area contributed by atoms with Gasteiger partial charge in [0.05, 0.1) is 13.2 Å². The van der Waals surface area contributed by atoms with Crippen molar-refractivity contribution in [1.29, 1.82) is 0 Å². The second-order valence-corrected chi connectivity index (χ2v) is 5.73. The molecular weight excluding hydrogens is 328 g/mol. The molecule has 2 N–H and O–H groups in total. The number of hydrogen-bond donors (Lipinski definition) is 1. The highest BCUT2D eigenvalue weighted by Gasteiger charge is 2.16. The average molecular weight is 343 g/mol. The van der Waals surface area contributed by atoms with Crippen LogP contribution in [0.4, 0.5) is 0 Å². The highest BCUT2D eigenvalue weighted by Crippen LogP contribution is 2.33. The molecule has 0 aliphatic carbocycles. The molecule has 0 amide bonds. The molecule has 1 aromatic heterocycles. The van der Waals surface area contributed by atoms with Crippen LogP contribution in [0.3, 0.4) is 0 Å². The summed E-state index contributed by atoms with van der Waals surface area (Å²) < 4.78 is 6.41. The number of benzene rings is 2. The monoisotopic (exact) mass is 342 g/mol. The first-order valence-corrected chi connectivity index (χ1v) is 7.41. The van der Waals surface area contributed by atoms with Gasteiger partial charge in [-0.3, -0.25) is 4.98 Å². The SMILES string of the molecule is COc1cc(Br)ccc1C(N)c1cncc2ccccc12. The van der Waals surface area contributed by atoms with E-state index in [-0.39, 0.29) is 6.04 Å². The molecule has 0 radical (unpaired) electrons. The van der Waals surface area contributed by atoms with Crippen LogP contribution in [0, 0.1) is 0 Å². The van der Waals surface area contributed by atoms with Gasteiger partial charge in [-0.05, 0) is 23.1 Å². The molecule has 0 saturated carbocycles. The Morgan fingerprint density at radius 1 is 1.10 bits per heavy atom. The van der Waals surface area contributed by atoms with Crippen molar-refractivity contribution < 1.29 is 4.74 Å². The van der Waals surface area contributed by atoms with Crippen LogP contribution in [0.5, 0.6) is 5.75 Å². The number of ether oxygens (including phenoxy) is 1. The molecule has 3 nitrogen and oxygen atoms in total. The molecule has 0 aliphatic rings. The summed E-state index contributed by atoms with van der Waals surface area (Å²) in [5, 5.41) is 2.20. The lowest BCUT2D eigenvalue weighted by atomic mass is 9.96. The summed E-state index contributed by atoms with van der Waals surface area (Å²) in [6, 6.07) is 13.7. The van der Waals surface area contributed by atoms with Gasteiger partial charge in [-0.1, -0.05) is 46.3 Å². The zero-order chi connectivity index (χ0) is 14.8. The van der Waals surface area contributed by atoms with Crippen molar-refractivity contribution in [2.45, 2.75) is 6.04 Å². The van der Waals surface area contributed by atoms with Crippen LogP contribution in [0.15, 0.2) is 59.3 Å². The predicted octanol–water partition coefficient (Wildman–Crippen LogP) is 4.05. The highest BCUT2D eigenvalue weighted by atomic mass is 79.9. The Balaban J connectivity index is 2.15. The largest absolute Gasteiger partial charge is 0.496 e. The number of halogens is 1. The van der Waals surface area contributed by atoms with Gasteiger partial charge in [0.2, 0.25) is 0 Å². The van der Waals surface area contributed by atoms with Crippen molar-refractivity contribution in [2.75, 3.05) is 7.11 Å². The van der Waals surface area contributed by atoms with Crippen molar-refractivity contribution in [1.82, 2.24) is 4.98 Å². The Hall–Kier alpha value is -1.91. The van der Waals surface area contributed by atoms with Gasteiger partial charge in [-0.25, -0.2) is 0 Å². The maximum absolute atomic E-state index is 6.47. The van der Waals surface area contributed by atoms with Crippen LogP contribution in [0.2, 0.25) is 0 Å². The van der Waals surface area contributed by atoms with E-state index >= 15 is 0 Å². The Morgan fingerprint density at radius 2 is 1.90 bits per heavy atom. The summed E-state index contributed by atoms with van der Waals surface area (Å²) in [6.45, 7) is 0. The van der Waals surface area contributed by atoms with Crippen LogP contribution >= 0.6 is 15.9 Å². The van der Waals surface area contributed by atoms with Crippen molar-refractivity contribution >= 4 is 26.7 Å². The molecule has 0 fully saturated rings. The van der Waals surface area contributed by atoms with Gasteiger partial charge in [-0.2, -0.15) is 0 Å². The van der Waals surface area contributed by atoms with Crippen LogP contribution in [0.1, 0.15) is 17.2 Å². The predicted molar refractivity (Wildman–Crippen MR) is 88.5 cm³/mol. The zero-order valence-electron chi connectivity index (χ0n) is 11.6. The molecule has 0 saturated heterocycles. The minimum atomic E-state index is -0.286. The van der Waals surface area contributed by atoms with Crippen LogP contribution in [0.25, 0.3) is 10.8 Å². The number of rotatable bonds is 3. The molecule has 3 rings (SSSR count). The summed E-state index contributed by atoms with van der Waals surface area (Å²) in [7, 11) is 1.65. The quantitative estimate of drug-likeness (QED) is 0.780. The molecule has 106 valence electrons. The molecule has 0 aliphatic heterocycles. The van der Waals surface area contributed by atoms with Gasteiger partial charge in [0, 0.05) is 27.8 Å². The Labute approximate surface area is 131 Å². The summed E-state index contributed by atoms with van der Waals surface area (Å²) >= 11 is 3.45. The normalized spacial score (nSPS) is 12.3. The van der Waals surface area contributed by atoms with Crippen molar-refractivity contribution in [2.24, 2.45) is 5.73 Å². The van der Waals surface area contributed by atoms with Crippen LogP contribution < -0.4 is 10.5 Å². The van der Waals surface area contributed by atoms with Gasteiger partial charge in [-0.15, -0.1) is 0 Å². The molecule has 2 aromatic carbocycles.